The summed E-state index contributed by atoms with van der Waals surface area (Å²) < 4.78 is 0. The van der Waals surface area contributed by atoms with Crippen LogP contribution >= 0.6 is 11.3 Å². The van der Waals surface area contributed by atoms with Crippen molar-refractivity contribution in [3.63, 3.8) is 0 Å². The summed E-state index contributed by atoms with van der Waals surface area (Å²) in [5.41, 5.74) is 4.17. The van der Waals surface area contributed by atoms with Gasteiger partial charge in [-0.1, -0.05) is 29.8 Å². The molecule has 1 aromatic carbocycles. The lowest BCUT2D eigenvalue weighted by Crippen LogP contribution is -2.26. The fourth-order valence-electron chi connectivity index (χ4n) is 2.93. The highest BCUT2D eigenvalue weighted by Crippen LogP contribution is 2.43. The molecular weight excluding hydrogens is 262 g/mol. The molecule has 0 aliphatic heterocycles. The first-order chi connectivity index (χ1) is 9.65. The summed E-state index contributed by atoms with van der Waals surface area (Å²) in [4.78, 5) is 1.49. The van der Waals surface area contributed by atoms with Gasteiger partial charge in [0.25, 0.3) is 0 Å². The Bertz CT molecular complexity index is 569. The lowest BCUT2D eigenvalue weighted by molar-refractivity contribution is 0.432. The number of nitrogens with one attached hydrogen (secondary N) is 1. The molecule has 2 atom stereocenters. The van der Waals surface area contributed by atoms with Crippen molar-refractivity contribution in [2.75, 3.05) is 0 Å². The Labute approximate surface area is 126 Å². The van der Waals surface area contributed by atoms with Gasteiger partial charge in [-0.2, -0.15) is 0 Å². The summed E-state index contributed by atoms with van der Waals surface area (Å²) in [6.45, 7) is 6.68. The highest BCUT2D eigenvalue weighted by molar-refractivity contribution is 7.10. The molecule has 106 valence electrons. The van der Waals surface area contributed by atoms with Crippen LogP contribution in [0.2, 0.25) is 0 Å². The normalized spacial score (nSPS) is 17.9. The minimum atomic E-state index is 0.405. The highest BCUT2D eigenvalue weighted by atomic mass is 32.1. The van der Waals surface area contributed by atoms with Crippen LogP contribution < -0.4 is 5.32 Å². The van der Waals surface area contributed by atoms with Gasteiger partial charge in [-0.05, 0) is 62.1 Å². The number of benzene rings is 1. The van der Waals surface area contributed by atoms with Gasteiger partial charge in [0.05, 0.1) is 0 Å². The summed E-state index contributed by atoms with van der Waals surface area (Å²) in [6.07, 6.45) is 2.74. The third kappa shape index (κ3) is 2.97. The van der Waals surface area contributed by atoms with Crippen molar-refractivity contribution >= 4 is 11.3 Å². The van der Waals surface area contributed by atoms with E-state index in [0.717, 1.165) is 5.92 Å². The lowest BCUT2D eigenvalue weighted by atomic mass is 9.98. The molecule has 1 aliphatic rings. The van der Waals surface area contributed by atoms with Crippen LogP contribution in [0.4, 0.5) is 0 Å². The van der Waals surface area contributed by atoms with Crippen molar-refractivity contribution in [3.8, 4) is 0 Å². The van der Waals surface area contributed by atoms with Gasteiger partial charge in [0.1, 0.15) is 0 Å². The van der Waals surface area contributed by atoms with E-state index in [4.69, 9.17) is 0 Å². The molecule has 1 heterocycles. The highest BCUT2D eigenvalue weighted by Gasteiger charge is 2.33. The average molecular weight is 285 g/mol. The van der Waals surface area contributed by atoms with E-state index in [9.17, 15) is 0 Å². The van der Waals surface area contributed by atoms with Crippen molar-refractivity contribution < 1.29 is 0 Å². The van der Waals surface area contributed by atoms with Crippen LogP contribution in [0.15, 0.2) is 35.7 Å². The zero-order chi connectivity index (χ0) is 14.1. The molecule has 1 N–H and O–H groups in total. The third-order valence-electron chi connectivity index (χ3n) is 4.27. The number of rotatable bonds is 5. The van der Waals surface area contributed by atoms with Gasteiger partial charge >= 0.3 is 0 Å². The SMILES string of the molecule is Cc1ccc(C)c(C(C)NC(c2cccs2)C2CC2)c1. The molecule has 20 heavy (non-hydrogen) atoms. The minimum Gasteiger partial charge on any atom is -0.302 e. The van der Waals surface area contributed by atoms with Crippen molar-refractivity contribution in [1.29, 1.82) is 0 Å². The first kappa shape index (κ1) is 13.8. The monoisotopic (exact) mass is 285 g/mol. The molecule has 1 nitrogen and oxygen atoms in total. The van der Waals surface area contributed by atoms with Gasteiger partial charge in [-0.15, -0.1) is 11.3 Å². The summed E-state index contributed by atoms with van der Waals surface area (Å²) in [5.74, 6) is 0.834. The topological polar surface area (TPSA) is 12.0 Å². The van der Waals surface area contributed by atoms with Gasteiger partial charge in [0.2, 0.25) is 0 Å². The Morgan fingerprint density at radius 1 is 1.20 bits per heavy atom. The predicted molar refractivity (Wildman–Crippen MR) is 87.3 cm³/mol. The second-order valence-electron chi connectivity index (χ2n) is 6.08. The maximum atomic E-state index is 3.88. The molecule has 2 heteroatoms. The van der Waals surface area contributed by atoms with Gasteiger partial charge in [-0.3, -0.25) is 0 Å². The Morgan fingerprint density at radius 3 is 2.65 bits per heavy atom. The fourth-order valence-corrected chi connectivity index (χ4v) is 3.81. The Hall–Kier alpha value is -1.12. The molecule has 2 aromatic rings. The van der Waals surface area contributed by atoms with E-state index in [2.05, 4.69) is 61.8 Å². The van der Waals surface area contributed by atoms with Crippen molar-refractivity contribution in [3.05, 3.63) is 57.3 Å². The number of hydrogen-bond donors (Lipinski definition) is 1. The Kier molecular flexibility index (Phi) is 3.95. The zero-order valence-corrected chi connectivity index (χ0v) is 13.3. The first-order valence-corrected chi connectivity index (χ1v) is 8.39. The summed E-state index contributed by atoms with van der Waals surface area (Å²) in [6, 6.07) is 12.1. The van der Waals surface area contributed by atoms with Crippen LogP contribution in [0.25, 0.3) is 0 Å². The molecule has 0 saturated heterocycles. The van der Waals surface area contributed by atoms with E-state index < -0.39 is 0 Å². The van der Waals surface area contributed by atoms with E-state index in [1.807, 2.05) is 11.3 Å². The van der Waals surface area contributed by atoms with Gasteiger partial charge in [0, 0.05) is 17.0 Å². The van der Waals surface area contributed by atoms with Crippen LogP contribution in [0, 0.1) is 19.8 Å². The molecule has 1 aromatic heterocycles. The van der Waals surface area contributed by atoms with Crippen molar-refractivity contribution in [2.45, 2.75) is 45.7 Å². The number of thiophene rings is 1. The lowest BCUT2D eigenvalue weighted by Gasteiger charge is -2.24. The number of aryl methyl sites for hydroxylation is 2. The molecular formula is C18H23NS. The number of hydrogen-bond acceptors (Lipinski definition) is 2. The smallest absolute Gasteiger partial charge is 0.0448 e. The second kappa shape index (κ2) is 5.71. The molecule has 0 radical (unpaired) electrons. The quantitative estimate of drug-likeness (QED) is 0.799. The first-order valence-electron chi connectivity index (χ1n) is 7.52. The summed E-state index contributed by atoms with van der Waals surface area (Å²) in [5, 5.41) is 6.07. The average Bonchev–Trinajstić information content (AvgIpc) is 3.13. The Morgan fingerprint density at radius 2 is 2.00 bits per heavy atom. The van der Waals surface area contributed by atoms with Gasteiger partial charge in [0.15, 0.2) is 0 Å². The minimum absolute atomic E-state index is 0.405. The predicted octanol–water partition coefficient (Wildman–Crippen LogP) is 5.17. The van der Waals surface area contributed by atoms with Crippen LogP contribution in [0.1, 0.15) is 53.4 Å². The third-order valence-corrected chi connectivity index (χ3v) is 5.23. The van der Waals surface area contributed by atoms with Crippen molar-refractivity contribution in [1.82, 2.24) is 5.32 Å². The van der Waals surface area contributed by atoms with E-state index in [-0.39, 0.29) is 0 Å². The van der Waals surface area contributed by atoms with E-state index in [0.29, 0.717) is 12.1 Å². The molecule has 1 fully saturated rings. The van der Waals surface area contributed by atoms with Crippen molar-refractivity contribution in [2.24, 2.45) is 5.92 Å². The standard InChI is InChI=1S/C18H23NS/c1-12-6-7-13(2)16(11-12)14(3)19-18(15-8-9-15)17-5-4-10-20-17/h4-7,10-11,14-15,18-19H,8-9H2,1-3H3. The Balaban J connectivity index is 1.80. The summed E-state index contributed by atoms with van der Waals surface area (Å²) >= 11 is 1.88. The molecule has 0 bridgehead atoms. The van der Waals surface area contributed by atoms with E-state index in [1.54, 1.807) is 0 Å². The molecule has 1 aliphatic carbocycles. The largest absolute Gasteiger partial charge is 0.302 e. The maximum absolute atomic E-state index is 3.88. The van der Waals surface area contributed by atoms with Gasteiger partial charge < -0.3 is 5.32 Å². The molecule has 3 rings (SSSR count). The molecule has 2 unspecified atom stereocenters. The van der Waals surface area contributed by atoms with Gasteiger partial charge in [-0.25, -0.2) is 0 Å². The van der Waals surface area contributed by atoms with Crippen LogP contribution in [0.3, 0.4) is 0 Å². The fraction of sp³-hybridized carbons (Fsp3) is 0.444. The molecule has 0 amide bonds. The molecule has 0 spiro atoms. The zero-order valence-electron chi connectivity index (χ0n) is 12.5. The van der Waals surface area contributed by atoms with E-state index in [1.165, 1.54) is 34.4 Å². The van der Waals surface area contributed by atoms with Crippen LogP contribution in [-0.2, 0) is 0 Å². The van der Waals surface area contributed by atoms with Crippen LogP contribution in [-0.4, -0.2) is 0 Å². The van der Waals surface area contributed by atoms with Crippen LogP contribution in [0.5, 0.6) is 0 Å². The summed E-state index contributed by atoms with van der Waals surface area (Å²) in [7, 11) is 0. The maximum Gasteiger partial charge on any atom is 0.0448 e. The second-order valence-corrected chi connectivity index (χ2v) is 7.06. The molecule has 1 saturated carbocycles. The van der Waals surface area contributed by atoms with E-state index >= 15 is 0 Å².